The molecule has 2 heterocycles. The van der Waals surface area contributed by atoms with Crippen molar-refractivity contribution >= 4 is 17.7 Å². The highest BCUT2D eigenvalue weighted by Crippen LogP contribution is 2.61. The summed E-state index contributed by atoms with van der Waals surface area (Å²) in [5, 5.41) is 26.4. The Labute approximate surface area is 241 Å². The molecular weight excluding hydrogens is 551 g/mol. The highest BCUT2D eigenvalue weighted by molar-refractivity contribution is 5.80. The van der Waals surface area contributed by atoms with Crippen LogP contribution in [0.5, 0.6) is 5.75 Å². The average molecular weight is 586 g/mol. The van der Waals surface area contributed by atoms with Gasteiger partial charge in [-0.05, 0) is 67.8 Å². The quantitative estimate of drug-likeness (QED) is 0.347. The van der Waals surface area contributed by atoms with Crippen LogP contribution in [0.1, 0.15) is 49.7 Å². The van der Waals surface area contributed by atoms with Crippen molar-refractivity contribution in [1.82, 2.24) is 14.9 Å². The van der Waals surface area contributed by atoms with E-state index in [4.69, 9.17) is 5.73 Å². The summed E-state index contributed by atoms with van der Waals surface area (Å²) in [6, 6.07) is 7.77. The lowest BCUT2D eigenvalue weighted by atomic mass is 9.47. The largest absolute Gasteiger partial charge is 0.573 e. The van der Waals surface area contributed by atoms with Crippen molar-refractivity contribution in [1.29, 1.82) is 5.26 Å². The lowest BCUT2D eigenvalue weighted by molar-refractivity contribution is -0.274. The summed E-state index contributed by atoms with van der Waals surface area (Å²) < 4.78 is 42.5. The van der Waals surface area contributed by atoms with Crippen LogP contribution in [0, 0.1) is 34.5 Å². The van der Waals surface area contributed by atoms with Gasteiger partial charge >= 0.3 is 6.36 Å². The molecular formula is C29H34F3N7O3. The van der Waals surface area contributed by atoms with E-state index >= 15 is 0 Å². The Morgan fingerprint density at radius 1 is 1.19 bits per heavy atom. The fraction of sp³-hybridized carbons (Fsp3) is 0.586. The zero-order valence-corrected chi connectivity index (χ0v) is 23.0. The molecule has 1 amide bonds. The minimum atomic E-state index is -4.81. The van der Waals surface area contributed by atoms with Gasteiger partial charge in [-0.15, -0.1) is 13.2 Å². The molecule has 7 rings (SSSR count). The van der Waals surface area contributed by atoms with E-state index in [0.29, 0.717) is 43.1 Å². The average Bonchev–Trinajstić information content (AvgIpc) is 3.31. The third-order valence-electron chi connectivity index (χ3n) is 9.55. The second kappa shape index (κ2) is 10.9. The fourth-order valence-electron chi connectivity index (χ4n) is 8.37. The number of aromatic nitrogens is 2. The molecule has 5 N–H and O–H groups in total. The first kappa shape index (κ1) is 28.5. The van der Waals surface area contributed by atoms with E-state index in [-0.39, 0.29) is 46.7 Å². The Bertz CT molecular complexity index is 1370. The van der Waals surface area contributed by atoms with Crippen LogP contribution in [0.4, 0.5) is 24.9 Å². The van der Waals surface area contributed by atoms with Crippen molar-refractivity contribution in [3.05, 3.63) is 41.6 Å². The Morgan fingerprint density at radius 2 is 1.93 bits per heavy atom. The highest BCUT2D eigenvalue weighted by atomic mass is 19.4. The number of benzene rings is 1. The predicted octanol–water partition coefficient (Wildman–Crippen LogP) is 3.39. The summed E-state index contributed by atoms with van der Waals surface area (Å²) in [5.74, 6) is 1.27. The topological polar surface area (TPSA) is 149 Å². The van der Waals surface area contributed by atoms with E-state index in [0.717, 1.165) is 32.1 Å². The number of nitrogens with two attached hydrogens (primary N) is 1. The van der Waals surface area contributed by atoms with E-state index in [1.807, 2.05) is 0 Å². The molecule has 0 spiro atoms. The van der Waals surface area contributed by atoms with Gasteiger partial charge in [0.25, 0.3) is 0 Å². The highest BCUT2D eigenvalue weighted by Gasteiger charge is 2.58. The summed E-state index contributed by atoms with van der Waals surface area (Å²) in [6.45, 7) is 1.10. The van der Waals surface area contributed by atoms with Crippen LogP contribution in [0.2, 0.25) is 0 Å². The van der Waals surface area contributed by atoms with E-state index in [2.05, 4.69) is 36.3 Å². The van der Waals surface area contributed by atoms with Gasteiger partial charge in [0.15, 0.2) is 0 Å². The minimum absolute atomic E-state index is 0.00848. The molecule has 4 bridgehead atoms. The number of likely N-dealkylation sites (tertiary alicyclic amines) is 1. The Morgan fingerprint density at radius 3 is 2.62 bits per heavy atom. The maximum atomic E-state index is 12.8. The molecule has 13 heteroatoms. The first-order chi connectivity index (χ1) is 20.0. The number of hydrogen-bond donors (Lipinski definition) is 4. The van der Waals surface area contributed by atoms with Crippen molar-refractivity contribution in [2.45, 2.75) is 69.6 Å². The van der Waals surface area contributed by atoms with Gasteiger partial charge in [0, 0.05) is 31.2 Å². The lowest BCUT2D eigenvalue weighted by Gasteiger charge is -2.62. The predicted molar refractivity (Wildman–Crippen MR) is 146 cm³/mol. The van der Waals surface area contributed by atoms with Crippen LogP contribution in [0.15, 0.2) is 30.5 Å². The molecule has 5 fully saturated rings. The molecule has 1 saturated heterocycles. The zero-order chi connectivity index (χ0) is 29.6. The normalized spacial score (nSPS) is 32.0. The maximum Gasteiger partial charge on any atom is 0.573 e. The van der Waals surface area contributed by atoms with E-state index in [1.54, 1.807) is 6.07 Å². The van der Waals surface area contributed by atoms with Crippen LogP contribution in [-0.2, 0) is 11.3 Å². The molecule has 7 atom stereocenters. The molecule has 1 aliphatic heterocycles. The molecule has 2 aromatic rings. The number of aliphatic hydroxyl groups is 1. The van der Waals surface area contributed by atoms with Gasteiger partial charge < -0.3 is 26.2 Å². The first-order valence-corrected chi connectivity index (χ1v) is 14.3. The van der Waals surface area contributed by atoms with E-state index in [9.17, 15) is 28.3 Å². The fourth-order valence-corrected chi connectivity index (χ4v) is 8.37. The number of nitrogens with zero attached hydrogens (tertiary/aromatic N) is 4. The van der Waals surface area contributed by atoms with Gasteiger partial charge in [0.2, 0.25) is 11.9 Å². The number of ether oxygens (including phenoxy) is 1. The monoisotopic (exact) mass is 585 g/mol. The molecule has 42 heavy (non-hydrogen) atoms. The second-order valence-corrected chi connectivity index (χ2v) is 12.4. The van der Waals surface area contributed by atoms with Crippen LogP contribution in [0.3, 0.4) is 0 Å². The number of halogens is 3. The van der Waals surface area contributed by atoms with Crippen LogP contribution < -0.4 is 21.1 Å². The van der Waals surface area contributed by atoms with Crippen molar-refractivity contribution in [2.24, 2.45) is 28.9 Å². The number of anilines is 2. The Kier molecular flexibility index (Phi) is 7.39. The Balaban J connectivity index is 1.14. The number of β-amino-alcohol motifs (C(OH)–C–C–N with tert-alkyl or cyclic N) is 1. The summed E-state index contributed by atoms with van der Waals surface area (Å²) >= 11 is 0. The number of rotatable bonds is 9. The Hall–Kier alpha value is -3.63. The minimum Gasteiger partial charge on any atom is -0.405 e. The standard InChI is InChI=1S/C29H34F3N7O3/c30-29(31,32)42-23-4-2-1-3-17(23)12-35-27-36-13-20(11-33)26(38-27)37-15-28-8-16-5-18(9-28)24(19(6-16)10-28)39-14-21(40)7-22(39)25(34)41/h1-4,13,16,18-19,21-22,24,40H,5-10,12,14-15H2,(H2,34,41)(H2,35,36,37,38)/t16?,18-,19+,21-,22?,24?,28-/m1/s1. The summed E-state index contributed by atoms with van der Waals surface area (Å²) in [6.07, 6.45) is 1.68. The first-order valence-electron chi connectivity index (χ1n) is 14.3. The van der Waals surface area contributed by atoms with Gasteiger partial charge in [-0.2, -0.15) is 10.2 Å². The SMILES string of the molecule is N#Cc1cnc(NCc2ccccc2OC(F)(F)F)nc1NC[C@]12CC3C[C@H](C1)C(N1C[C@H](O)CC1C(N)=O)[C@@H](C3)C2. The number of amides is 1. The number of carbonyl (C=O) groups excluding carboxylic acids is 1. The number of alkyl halides is 3. The van der Waals surface area contributed by atoms with Gasteiger partial charge in [-0.25, -0.2) is 4.98 Å². The van der Waals surface area contributed by atoms with Crippen LogP contribution in [0.25, 0.3) is 0 Å². The number of nitriles is 1. The van der Waals surface area contributed by atoms with Gasteiger partial charge in [-0.3, -0.25) is 9.69 Å². The summed E-state index contributed by atoms with van der Waals surface area (Å²) in [7, 11) is 0. The van der Waals surface area contributed by atoms with Gasteiger partial charge in [-0.1, -0.05) is 18.2 Å². The molecule has 10 nitrogen and oxygen atoms in total. The number of carbonyl (C=O) groups is 1. The number of aliphatic hydroxyl groups excluding tert-OH is 1. The summed E-state index contributed by atoms with van der Waals surface area (Å²) in [5.41, 5.74) is 6.29. The van der Waals surface area contributed by atoms with Crippen molar-refractivity contribution in [2.75, 3.05) is 23.7 Å². The lowest BCUT2D eigenvalue weighted by Crippen LogP contribution is -2.62. The number of nitrogens with one attached hydrogen (secondary N) is 2. The third kappa shape index (κ3) is 5.70. The molecule has 1 aromatic heterocycles. The van der Waals surface area contributed by atoms with Crippen LogP contribution in [-0.4, -0.2) is 63.5 Å². The number of primary amides is 1. The molecule has 4 aliphatic carbocycles. The number of para-hydroxylation sites is 1. The van der Waals surface area contributed by atoms with E-state index < -0.39 is 18.5 Å². The number of hydrogen-bond acceptors (Lipinski definition) is 9. The maximum absolute atomic E-state index is 12.8. The van der Waals surface area contributed by atoms with E-state index in [1.165, 1.54) is 24.4 Å². The smallest absolute Gasteiger partial charge is 0.405 e. The van der Waals surface area contributed by atoms with Crippen molar-refractivity contribution in [3.8, 4) is 11.8 Å². The molecule has 224 valence electrons. The van der Waals surface area contributed by atoms with Crippen molar-refractivity contribution < 1.29 is 27.8 Å². The molecule has 1 aromatic carbocycles. The van der Waals surface area contributed by atoms with Crippen LogP contribution >= 0.6 is 0 Å². The molecule has 3 unspecified atom stereocenters. The van der Waals surface area contributed by atoms with Crippen molar-refractivity contribution in [3.63, 3.8) is 0 Å². The molecule has 0 radical (unpaired) electrons. The third-order valence-corrected chi connectivity index (χ3v) is 9.55. The molecule has 5 aliphatic rings. The zero-order valence-electron chi connectivity index (χ0n) is 23.0. The molecule has 4 saturated carbocycles. The summed E-state index contributed by atoms with van der Waals surface area (Å²) in [4.78, 5) is 23.0. The van der Waals surface area contributed by atoms with Gasteiger partial charge in [0.05, 0.1) is 18.3 Å². The second-order valence-electron chi connectivity index (χ2n) is 12.4. The van der Waals surface area contributed by atoms with Gasteiger partial charge in [0.1, 0.15) is 23.2 Å².